The molecule has 0 spiro atoms. The third kappa shape index (κ3) is 6.21. The van der Waals surface area contributed by atoms with E-state index in [0.29, 0.717) is 11.4 Å². The van der Waals surface area contributed by atoms with Crippen molar-refractivity contribution in [3.8, 4) is 0 Å². The van der Waals surface area contributed by atoms with Crippen molar-refractivity contribution in [3.05, 3.63) is 89.4 Å². The molecule has 6 nitrogen and oxygen atoms in total. The number of carbonyl (C=O) groups is 2. The van der Waals surface area contributed by atoms with Crippen LogP contribution in [0.5, 0.6) is 0 Å². The smallest absolute Gasteiger partial charge is 0.416 e. The van der Waals surface area contributed by atoms with E-state index in [1.807, 2.05) is 0 Å². The van der Waals surface area contributed by atoms with Crippen LogP contribution in [-0.2, 0) is 24.1 Å². The summed E-state index contributed by atoms with van der Waals surface area (Å²) in [6.45, 7) is -0.0294. The third-order valence-electron chi connectivity index (χ3n) is 4.63. The van der Waals surface area contributed by atoms with E-state index in [9.17, 15) is 22.8 Å². The SMILES string of the molecule is CN(CC(=O)Nc1ccccc1C(=O)NCc1ccco1)Cc1ccccc1C(F)(F)F. The fourth-order valence-electron chi connectivity index (χ4n) is 3.18. The Kier molecular flexibility index (Phi) is 7.32. The Morgan fingerprint density at radius 3 is 2.44 bits per heavy atom. The van der Waals surface area contributed by atoms with Gasteiger partial charge in [0.15, 0.2) is 0 Å². The largest absolute Gasteiger partial charge is 0.467 e. The lowest BCUT2D eigenvalue weighted by Gasteiger charge is -2.20. The first-order chi connectivity index (χ1) is 15.2. The quantitative estimate of drug-likeness (QED) is 0.542. The number of benzene rings is 2. The molecule has 3 aromatic rings. The van der Waals surface area contributed by atoms with E-state index in [1.54, 1.807) is 43.4 Å². The highest BCUT2D eigenvalue weighted by molar-refractivity contribution is 6.04. The molecule has 1 aromatic heterocycles. The zero-order valence-corrected chi connectivity index (χ0v) is 17.3. The van der Waals surface area contributed by atoms with Crippen LogP contribution in [0, 0.1) is 0 Å². The summed E-state index contributed by atoms with van der Waals surface area (Å²) in [5.74, 6) is -0.270. The maximum atomic E-state index is 13.2. The average molecular weight is 445 g/mol. The Bertz CT molecular complexity index is 1070. The van der Waals surface area contributed by atoms with Gasteiger partial charge in [-0.2, -0.15) is 13.2 Å². The van der Waals surface area contributed by atoms with Crippen LogP contribution in [0.25, 0.3) is 0 Å². The maximum Gasteiger partial charge on any atom is 0.416 e. The maximum absolute atomic E-state index is 13.2. The Balaban J connectivity index is 1.61. The van der Waals surface area contributed by atoms with Crippen LogP contribution in [-0.4, -0.2) is 30.3 Å². The van der Waals surface area contributed by atoms with Crippen molar-refractivity contribution in [1.29, 1.82) is 0 Å². The summed E-state index contributed by atoms with van der Waals surface area (Å²) in [5.41, 5.74) is -0.0881. The lowest BCUT2D eigenvalue weighted by molar-refractivity contribution is -0.138. The fraction of sp³-hybridized carbons (Fsp3) is 0.217. The van der Waals surface area contributed by atoms with Crippen LogP contribution in [0.15, 0.2) is 71.3 Å². The molecule has 2 amide bonds. The van der Waals surface area contributed by atoms with E-state index in [4.69, 9.17) is 4.42 Å². The number of nitrogens with zero attached hydrogens (tertiary/aromatic N) is 1. The van der Waals surface area contributed by atoms with Crippen molar-refractivity contribution in [3.63, 3.8) is 0 Å². The number of anilines is 1. The van der Waals surface area contributed by atoms with E-state index in [-0.39, 0.29) is 30.8 Å². The highest BCUT2D eigenvalue weighted by Crippen LogP contribution is 2.32. The monoisotopic (exact) mass is 445 g/mol. The van der Waals surface area contributed by atoms with Gasteiger partial charge in [0.05, 0.1) is 36.2 Å². The van der Waals surface area contributed by atoms with Crippen LogP contribution in [0.4, 0.5) is 18.9 Å². The molecule has 32 heavy (non-hydrogen) atoms. The predicted molar refractivity (Wildman–Crippen MR) is 113 cm³/mol. The normalized spacial score (nSPS) is 11.4. The highest BCUT2D eigenvalue weighted by Gasteiger charge is 2.33. The molecular formula is C23H22F3N3O3. The van der Waals surface area contributed by atoms with Crippen molar-refractivity contribution >= 4 is 17.5 Å². The Hall–Kier alpha value is -3.59. The molecule has 168 valence electrons. The topological polar surface area (TPSA) is 74.6 Å². The Labute approximate surface area is 183 Å². The van der Waals surface area contributed by atoms with E-state index >= 15 is 0 Å². The first-order valence-corrected chi connectivity index (χ1v) is 9.77. The fourth-order valence-corrected chi connectivity index (χ4v) is 3.18. The molecule has 0 fully saturated rings. The summed E-state index contributed by atoms with van der Waals surface area (Å²) >= 11 is 0. The highest BCUT2D eigenvalue weighted by atomic mass is 19.4. The van der Waals surface area contributed by atoms with Gasteiger partial charge in [0.1, 0.15) is 5.76 Å². The summed E-state index contributed by atoms with van der Waals surface area (Å²) in [6, 6.07) is 15.2. The molecule has 9 heteroatoms. The third-order valence-corrected chi connectivity index (χ3v) is 4.63. The lowest BCUT2D eigenvalue weighted by Crippen LogP contribution is -2.31. The molecule has 0 aliphatic heterocycles. The van der Waals surface area contributed by atoms with Crippen molar-refractivity contribution < 1.29 is 27.2 Å². The Morgan fingerprint density at radius 1 is 1.00 bits per heavy atom. The van der Waals surface area contributed by atoms with Gasteiger partial charge in [0.25, 0.3) is 5.91 Å². The lowest BCUT2D eigenvalue weighted by atomic mass is 10.1. The molecule has 0 saturated carbocycles. The standard InChI is InChI=1S/C23H22F3N3O3/c1-29(14-16-7-2-4-10-19(16)23(24,25)26)15-21(30)28-20-11-5-3-9-18(20)22(31)27-13-17-8-6-12-32-17/h2-12H,13-15H2,1H3,(H,27,31)(H,28,30). The second kappa shape index (κ2) is 10.1. The number of nitrogens with one attached hydrogen (secondary N) is 2. The summed E-state index contributed by atoms with van der Waals surface area (Å²) in [5, 5.41) is 5.37. The Morgan fingerprint density at radius 2 is 1.72 bits per heavy atom. The zero-order chi connectivity index (χ0) is 23.1. The summed E-state index contributed by atoms with van der Waals surface area (Å²) < 4.78 is 44.7. The first-order valence-electron chi connectivity index (χ1n) is 9.77. The molecule has 0 bridgehead atoms. The number of amides is 2. The number of alkyl halides is 3. The van der Waals surface area contributed by atoms with E-state index in [0.717, 1.165) is 6.07 Å². The van der Waals surface area contributed by atoms with Gasteiger partial charge >= 0.3 is 6.18 Å². The number of para-hydroxylation sites is 1. The molecule has 2 N–H and O–H groups in total. The summed E-state index contributed by atoms with van der Waals surface area (Å²) in [7, 11) is 1.55. The minimum Gasteiger partial charge on any atom is -0.467 e. The van der Waals surface area contributed by atoms with Crippen LogP contribution < -0.4 is 10.6 Å². The van der Waals surface area contributed by atoms with Crippen LogP contribution in [0.3, 0.4) is 0 Å². The van der Waals surface area contributed by atoms with Crippen molar-refractivity contribution in [1.82, 2.24) is 10.2 Å². The second-order valence-corrected chi connectivity index (χ2v) is 7.18. The molecule has 0 saturated heterocycles. The predicted octanol–water partition coefficient (Wildman–Crippen LogP) is 4.30. The molecule has 1 heterocycles. The second-order valence-electron chi connectivity index (χ2n) is 7.18. The van der Waals surface area contributed by atoms with Crippen LogP contribution >= 0.6 is 0 Å². The molecule has 3 rings (SSSR count). The average Bonchev–Trinajstić information content (AvgIpc) is 3.25. The van der Waals surface area contributed by atoms with Crippen LogP contribution in [0.2, 0.25) is 0 Å². The van der Waals surface area contributed by atoms with Gasteiger partial charge in [-0.25, -0.2) is 0 Å². The molecule has 0 aliphatic rings. The van der Waals surface area contributed by atoms with Gasteiger partial charge < -0.3 is 15.1 Å². The van der Waals surface area contributed by atoms with Crippen molar-refractivity contribution in [2.75, 3.05) is 18.9 Å². The molecule has 0 radical (unpaired) electrons. The number of hydrogen-bond donors (Lipinski definition) is 2. The van der Waals surface area contributed by atoms with Gasteiger partial charge in [0.2, 0.25) is 5.91 Å². The minimum atomic E-state index is -4.47. The van der Waals surface area contributed by atoms with Gasteiger partial charge in [-0.1, -0.05) is 30.3 Å². The molecular weight excluding hydrogens is 423 g/mol. The van der Waals surface area contributed by atoms with Crippen molar-refractivity contribution in [2.24, 2.45) is 0 Å². The molecule has 0 atom stereocenters. The van der Waals surface area contributed by atoms with Crippen LogP contribution in [0.1, 0.15) is 27.2 Å². The van der Waals surface area contributed by atoms with Gasteiger partial charge in [-0.3, -0.25) is 14.5 Å². The van der Waals surface area contributed by atoms with E-state index in [1.165, 1.54) is 29.4 Å². The number of halogens is 3. The number of hydrogen-bond acceptors (Lipinski definition) is 4. The zero-order valence-electron chi connectivity index (χ0n) is 17.3. The van der Waals surface area contributed by atoms with E-state index in [2.05, 4.69) is 10.6 Å². The number of rotatable bonds is 8. The first kappa shape index (κ1) is 23.1. The van der Waals surface area contributed by atoms with Gasteiger partial charge in [-0.15, -0.1) is 0 Å². The molecule has 0 aliphatic carbocycles. The number of carbonyl (C=O) groups excluding carboxylic acids is 2. The number of likely N-dealkylation sites (N-methyl/N-ethyl adjacent to an activating group) is 1. The van der Waals surface area contributed by atoms with E-state index < -0.39 is 23.6 Å². The van der Waals surface area contributed by atoms with Crippen molar-refractivity contribution in [2.45, 2.75) is 19.3 Å². The summed E-state index contributed by atoms with van der Waals surface area (Å²) in [6.07, 6.45) is -2.97. The molecule has 0 unspecified atom stereocenters. The van der Waals surface area contributed by atoms with Gasteiger partial charge in [-0.05, 0) is 42.9 Å². The van der Waals surface area contributed by atoms with Gasteiger partial charge in [0, 0.05) is 6.54 Å². The summed E-state index contributed by atoms with van der Waals surface area (Å²) in [4.78, 5) is 26.5. The number of furan rings is 1. The molecule has 2 aromatic carbocycles. The minimum absolute atomic E-state index is 0.0611.